The normalized spacial score (nSPS) is 16.2. The molecule has 0 saturated carbocycles. The third kappa shape index (κ3) is 4.66. The smallest absolute Gasteiger partial charge is 0.353 e. The number of hydrogen-bond acceptors (Lipinski definition) is 10. The Morgan fingerprint density at radius 3 is 2.72 bits per heavy atom. The van der Waals surface area contributed by atoms with Crippen molar-refractivity contribution in [1.29, 1.82) is 0 Å². The Balaban J connectivity index is 1.55. The van der Waals surface area contributed by atoms with Gasteiger partial charge in [-0.3, -0.25) is 14.9 Å². The molecule has 0 amide bonds. The molecule has 0 aliphatic carbocycles. The van der Waals surface area contributed by atoms with Crippen molar-refractivity contribution in [3.63, 3.8) is 0 Å². The van der Waals surface area contributed by atoms with E-state index in [0.717, 1.165) is 6.42 Å². The molecule has 11 heteroatoms. The quantitative estimate of drug-likeness (QED) is 0.404. The van der Waals surface area contributed by atoms with Crippen LogP contribution in [0.15, 0.2) is 24.5 Å². The molecule has 4 rings (SSSR count). The molecule has 2 aliphatic heterocycles. The Hall–Kier alpha value is -3.63. The van der Waals surface area contributed by atoms with Gasteiger partial charge in [0, 0.05) is 31.3 Å². The van der Waals surface area contributed by atoms with Gasteiger partial charge < -0.3 is 24.4 Å². The second-order valence-electron chi connectivity index (χ2n) is 7.50. The lowest BCUT2D eigenvalue weighted by Crippen LogP contribution is -2.37. The number of esters is 1. The lowest BCUT2D eigenvalue weighted by molar-refractivity contribution is -0.383. The number of aromatic nitrogens is 2. The van der Waals surface area contributed by atoms with E-state index in [1.54, 1.807) is 25.1 Å². The molecule has 170 valence electrons. The highest BCUT2D eigenvalue weighted by atomic mass is 16.6. The topological polar surface area (TPSA) is 129 Å². The van der Waals surface area contributed by atoms with Crippen LogP contribution in [-0.2, 0) is 9.53 Å². The molecule has 3 heterocycles. The summed E-state index contributed by atoms with van der Waals surface area (Å²) in [6, 6.07) is 5.25. The average molecular weight is 443 g/mol. The van der Waals surface area contributed by atoms with Crippen LogP contribution in [0, 0.1) is 16.0 Å². The average Bonchev–Trinajstić information content (AvgIpc) is 3.04. The first-order chi connectivity index (χ1) is 15.6. The van der Waals surface area contributed by atoms with E-state index in [4.69, 9.17) is 14.2 Å². The Morgan fingerprint density at radius 1 is 1.25 bits per heavy atom. The molecular formula is C21H25N5O6. The van der Waals surface area contributed by atoms with Gasteiger partial charge in [-0.1, -0.05) is 0 Å². The number of benzene rings is 1. The number of piperidine rings is 1. The number of hydrogen-bond donors (Lipinski definition) is 1. The van der Waals surface area contributed by atoms with Gasteiger partial charge >= 0.3 is 11.7 Å². The monoisotopic (exact) mass is 443 g/mol. The van der Waals surface area contributed by atoms with Gasteiger partial charge in [0.2, 0.25) is 11.6 Å². The molecule has 1 N–H and O–H groups in total. The van der Waals surface area contributed by atoms with Gasteiger partial charge in [-0.2, -0.15) is 0 Å². The van der Waals surface area contributed by atoms with Crippen LogP contribution in [0.5, 0.6) is 11.5 Å². The van der Waals surface area contributed by atoms with Gasteiger partial charge in [-0.15, -0.1) is 0 Å². The first-order valence-corrected chi connectivity index (χ1v) is 10.6. The van der Waals surface area contributed by atoms with Gasteiger partial charge in [0.15, 0.2) is 11.5 Å². The Labute approximate surface area is 184 Å². The fourth-order valence-electron chi connectivity index (χ4n) is 3.83. The van der Waals surface area contributed by atoms with Crippen LogP contribution in [0.2, 0.25) is 0 Å². The minimum absolute atomic E-state index is 0.0852. The van der Waals surface area contributed by atoms with Gasteiger partial charge in [-0.05, 0) is 31.9 Å². The van der Waals surface area contributed by atoms with E-state index in [9.17, 15) is 14.9 Å². The Kier molecular flexibility index (Phi) is 6.52. The van der Waals surface area contributed by atoms with E-state index in [0.29, 0.717) is 62.9 Å². The van der Waals surface area contributed by atoms with E-state index < -0.39 is 4.92 Å². The molecule has 2 aliphatic rings. The minimum atomic E-state index is -0.488. The van der Waals surface area contributed by atoms with Crippen LogP contribution < -0.4 is 19.7 Å². The van der Waals surface area contributed by atoms with Crippen LogP contribution in [0.1, 0.15) is 26.2 Å². The molecule has 0 bridgehead atoms. The van der Waals surface area contributed by atoms with Crippen molar-refractivity contribution in [3.8, 4) is 11.5 Å². The van der Waals surface area contributed by atoms with Crippen molar-refractivity contribution >= 4 is 29.0 Å². The van der Waals surface area contributed by atoms with Gasteiger partial charge in [0.1, 0.15) is 6.33 Å². The second kappa shape index (κ2) is 9.67. The first kappa shape index (κ1) is 21.6. The standard InChI is InChI=1S/C21H25N5O6/c1-2-30-21(27)14-6-8-25(9-7-14)20-18(26(28)29)19(22-13-23-20)24-15-4-5-16-17(12-15)32-11-3-10-31-16/h4-5,12-14H,2-3,6-11H2,1H3,(H,22,23,24). The molecule has 1 saturated heterocycles. The van der Waals surface area contributed by atoms with Crippen LogP contribution in [0.3, 0.4) is 0 Å². The summed E-state index contributed by atoms with van der Waals surface area (Å²) in [5.41, 5.74) is 0.372. The number of anilines is 3. The summed E-state index contributed by atoms with van der Waals surface area (Å²) in [5.74, 6) is 1.10. The lowest BCUT2D eigenvalue weighted by Gasteiger charge is -2.31. The molecule has 1 aromatic carbocycles. The van der Waals surface area contributed by atoms with Crippen LogP contribution in [0.25, 0.3) is 0 Å². The molecule has 0 atom stereocenters. The zero-order valence-electron chi connectivity index (χ0n) is 17.8. The van der Waals surface area contributed by atoms with Crippen LogP contribution in [-0.4, -0.2) is 53.8 Å². The largest absolute Gasteiger partial charge is 0.490 e. The molecular weight excluding hydrogens is 418 g/mol. The number of carbonyl (C=O) groups excluding carboxylic acids is 1. The zero-order valence-corrected chi connectivity index (χ0v) is 17.8. The number of carbonyl (C=O) groups is 1. The summed E-state index contributed by atoms with van der Waals surface area (Å²) >= 11 is 0. The maximum absolute atomic E-state index is 12.0. The van der Waals surface area contributed by atoms with Gasteiger partial charge in [-0.25, -0.2) is 9.97 Å². The number of nitro groups is 1. The predicted octanol–water partition coefficient (Wildman–Crippen LogP) is 3.07. The van der Waals surface area contributed by atoms with Crippen molar-refractivity contribution < 1.29 is 23.9 Å². The lowest BCUT2D eigenvalue weighted by atomic mass is 9.97. The van der Waals surface area contributed by atoms with E-state index >= 15 is 0 Å². The molecule has 32 heavy (non-hydrogen) atoms. The molecule has 11 nitrogen and oxygen atoms in total. The summed E-state index contributed by atoms with van der Waals surface area (Å²) in [7, 11) is 0. The summed E-state index contributed by atoms with van der Waals surface area (Å²) in [6.45, 7) is 4.15. The number of ether oxygens (including phenoxy) is 3. The summed E-state index contributed by atoms with van der Waals surface area (Å²) in [5, 5.41) is 15.0. The zero-order chi connectivity index (χ0) is 22.5. The van der Waals surface area contributed by atoms with Crippen molar-refractivity contribution in [2.45, 2.75) is 26.2 Å². The van der Waals surface area contributed by atoms with E-state index in [-0.39, 0.29) is 29.2 Å². The van der Waals surface area contributed by atoms with E-state index in [1.165, 1.54) is 6.33 Å². The first-order valence-electron chi connectivity index (χ1n) is 10.6. The summed E-state index contributed by atoms with van der Waals surface area (Å²) < 4.78 is 16.4. The van der Waals surface area contributed by atoms with Crippen molar-refractivity contribution in [1.82, 2.24) is 9.97 Å². The molecule has 0 unspecified atom stereocenters. The second-order valence-corrected chi connectivity index (χ2v) is 7.50. The highest BCUT2D eigenvalue weighted by Gasteiger charge is 2.32. The fraction of sp³-hybridized carbons (Fsp3) is 0.476. The number of nitrogens with one attached hydrogen (secondary N) is 1. The minimum Gasteiger partial charge on any atom is -0.490 e. The third-order valence-corrected chi connectivity index (χ3v) is 5.41. The predicted molar refractivity (Wildman–Crippen MR) is 116 cm³/mol. The van der Waals surface area contributed by atoms with Crippen LogP contribution in [0.4, 0.5) is 23.0 Å². The maximum atomic E-state index is 12.0. The number of fused-ring (bicyclic) bond motifs is 1. The number of rotatable bonds is 6. The molecule has 1 aromatic heterocycles. The maximum Gasteiger partial charge on any atom is 0.353 e. The van der Waals surface area contributed by atoms with Gasteiger partial charge in [0.25, 0.3) is 0 Å². The Bertz CT molecular complexity index is 993. The summed E-state index contributed by atoms with van der Waals surface area (Å²) in [4.78, 5) is 33.6. The van der Waals surface area contributed by atoms with Gasteiger partial charge in [0.05, 0.1) is 30.7 Å². The van der Waals surface area contributed by atoms with E-state index in [1.807, 2.05) is 4.90 Å². The molecule has 0 radical (unpaired) electrons. The highest BCUT2D eigenvalue weighted by Crippen LogP contribution is 2.38. The highest BCUT2D eigenvalue weighted by molar-refractivity contribution is 5.76. The Morgan fingerprint density at radius 2 is 2.00 bits per heavy atom. The van der Waals surface area contributed by atoms with Crippen molar-refractivity contribution in [2.75, 3.05) is 43.1 Å². The van der Waals surface area contributed by atoms with Crippen molar-refractivity contribution in [2.24, 2.45) is 5.92 Å². The van der Waals surface area contributed by atoms with E-state index in [2.05, 4.69) is 15.3 Å². The number of nitrogens with zero attached hydrogens (tertiary/aromatic N) is 4. The fourth-order valence-corrected chi connectivity index (χ4v) is 3.83. The van der Waals surface area contributed by atoms with Crippen LogP contribution >= 0.6 is 0 Å². The molecule has 1 fully saturated rings. The third-order valence-electron chi connectivity index (χ3n) is 5.41. The van der Waals surface area contributed by atoms with Crippen molar-refractivity contribution in [3.05, 3.63) is 34.6 Å². The molecule has 0 spiro atoms. The SMILES string of the molecule is CCOC(=O)C1CCN(c2ncnc(Nc3ccc4c(c3)OCCCO4)c2[N+](=O)[O-])CC1. The summed E-state index contributed by atoms with van der Waals surface area (Å²) in [6.07, 6.45) is 3.17. The molecule has 2 aromatic rings.